The van der Waals surface area contributed by atoms with Crippen molar-refractivity contribution in [2.75, 3.05) is 0 Å². The van der Waals surface area contributed by atoms with Crippen LogP contribution in [0.2, 0.25) is 0 Å². The third-order valence-corrected chi connectivity index (χ3v) is 0.493. The first-order valence-electron chi connectivity index (χ1n) is 2.78. The summed E-state index contributed by atoms with van der Waals surface area (Å²) >= 11 is 19.3. The summed E-state index contributed by atoms with van der Waals surface area (Å²) in [5, 5.41) is 0. The molecule has 0 bridgehead atoms. The standard InChI is InChI=1S/C5H10.CCl4/c1-3-5-4-2;2-1(3,4)5/h3H,1,4-5H2,2H3;. The summed E-state index contributed by atoms with van der Waals surface area (Å²) in [5.74, 6) is 0. The van der Waals surface area contributed by atoms with Crippen LogP contribution in [0, 0.1) is 0 Å². The van der Waals surface area contributed by atoms with Gasteiger partial charge < -0.3 is 0 Å². The Bertz CT molecular complexity index is 68.3. The zero-order valence-corrected chi connectivity index (χ0v) is 8.73. The molecule has 0 N–H and O–H groups in total. The number of alkyl halides is 4. The number of halogens is 4. The molecule has 0 spiro atoms. The lowest BCUT2D eigenvalue weighted by molar-refractivity contribution is 0.961. The van der Waals surface area contributed by atoms with Crippen molar-refractivity contribution in [2.24, 2.45) is 0 Å². The number of hydrogen-bond donors (Lipinski definition) is 0. The number of rotatable bonds is 2. The van der Waals surface area contributed by atoms with E-state index < -0.39 is 3.25 Å². The lowest BCUT2D eigenvalue weighted by Gasteiger charge is -1.91. The smallest absolute Gasteiger partial charge is 0.103 e. The van der Waals surface area contributed by atoms with Crippen molar-refractivity contribution in [1.29, 1.82) is 0 Å². The van der Waals surface area contributed by atoms with Crippen LogP contribution in [-0.4, -0.2) is 3.25 Å². The molecule has 0 aromatic carbocycles. The molecular weight excluding hydrogens is 214 g/mol. The predicted octanol–water partition coefficient (Wildman–Crippen LogP) is 4.53. The van der Waals surface area contributed by atoms with Gasteiger partial charge in [0.2, 0.25) is 0 Å². The van der Waals surface area contributed by atoms with Gasteiger partial charge in [-0.25, -0.2) is 0 Å². The molecule has 10 heavy (non-hydrogen) atoms. The Morgan fingerprint density at radius 1 is 1.30 bits per heavy atom. The normalized spacial score (nSPS) is 9.70. The number of hydrogen-bond acceptors (Lipinski definition) is 0. The Balaban J connectivity index is 0. The zero-order valence-electron chi connectivity index (χ0n) is 5.71. The first kappa shape index (κ1) is 13.5. The topological polar surface area (TPSA) is 0 Å². The average Bonchev–Trinajstić information content (AvgIpc) is 1.63. The summed E-state index contributed by atoms with van der Waals surface area (Å²) in [6.07, 6.45) is 4.31. The summed E-state index contributed by atoms with van der Waals surface area (Å²) in [6, 6.07) is 0. The van der Waals surface area contributed by atoms with Gasteiger partial charge in [-0.3, -0.25) is 0 Å². The third-order valence-electron chi connectivity index (χ3n) is 0.493. The fourth-order valence-corrected chi connectivity index (χ4v) is 0.204. The molecule has 0 aromatic rings. The van der Waals surface area contributed by atoms with Crippen LogP contribution < -0.4 is 0 Å². The molecule has 0 rings (SSSR count). The second-order valence-electron chi connectivity index (χ2n) is 1.51. The fraction of sp³-hybridized carbons (Fsp3) is 0.667. The van der Waals surface area contributed by atoms with E-state index >= 15 is 0 Å². The van der Waals surface area contributed by atoms with Gasteiger partial charge in [-0.1, -0.05) is 65.8 Å². The molecular formula is C6H10Cl4. The van der Waals surface area contributed by atoms with Crippen molar-refractivity contribution >= 4 is 46.4 Å². The fourth-order valence-electron chi connectivity index (χ4n) is 0.204. The van der Waals surface area contributed by atoms with Gasteiger partial charge in [0.1, 0.15) is 0 Å². The van der Waals surface area contributed by atoms with E-state index in [2.05, 4.69) is 13.5 Å². The second kappa shape index (κ2) is 8.00. The molecule has 0 heterocycles. The van der Waals surface area contributed by atoms with Crippen molar-refractivity contribution in [3.63, 3.8) is 0 Å². The maximum absolute atomic E-state index is 4.83. The second-order valence-corrected chi connectivity index (χ2v) is 4.93. The van der Waals surface area contributed by atoms with Crippen LogP contribution in [0.5, 0.6) is 0 Å². The molecule has 0 aliphatic rings. The van der Waals surface area contributed by atoms with Crippen LogP contribution in [0.1, 0.15) is 19.8 Å². The highest BCUT2D eigenvalue weighted by Crippen LogP contribution is 2.29. The van der Waals surface area contributed by atoms with Gasteiger partial charge in [-0.05, 0) is 6.42 Å². The quantitative estimate of drug-likeness (QED) is 0.477. The molecule has 0 aliphatic heterocycles. The number of allylic oxidation sites excluding steroid dienone is 1. The monoisotopic (exact) mass is 222 g/mol. The van der Waals surface area contributed by atoms with Crippen molar-refractivity contribution in [3.8, 4) is 0 Å². The maximum Gasteiger partial charge on any atom is 0.266 e. The Kier molecular flexibility index (Phi) is 10.8. The van der Waals surface area contributed by atoms with Crippen LogP contribution >= 0.6 is 46.4 Å². The highest BCUT2D eigenvalue weighted by Gasteiger charge is 2.11. The van der Waals surface area contributed by atoms with Crippen LogP contribution in [0.15, 0.2) is 12.7 Å². The van der Waals surface area contributed by atoms with Crippen LogP contribution in [0.3, 0.4) is 0 Å². The molecule has 0 atom stereocenters. The lowest BCUT2D eigenvalue weighted by atomic mass is 10.3. The van der Waals surface area contributed by atoms with E-state index in [1.807, 2.05) is 6.08 Å². The highest BCUT2D eigenvalue weighted by molar-refractivity contribution is 6.83. The minimum atomic E-state index is -1.61. The molecule has 62 valence electrons. The van der Waals surface area contributed by atoms with E-state index in [-0.39, 0.29) is 0 Å². The summed E-state index contributed by atoms with van der Waals surface area (Å²) in [7, 11) is 0. The van der Waals surface area contributed by atoms with Crippen molar-refractivity contribution < 1.29 is 0 Å². The summed E-state index contributed by atoms with van der Waals surface area (Å²) in [6.45, 7) is 5.69. The van der Waals surface area contributed by atoms with E-state index in [4.69, 9.17) is 46.4 Å². The molecule has 0 radical (unpaired) electrons. The molecule has 0 fully saturated rings. The Morgan fingerprint density at radius 2 is 1.60 bits per heavy atom. The van der Waals surface area contributed by atoms with Gasteiger partial charge in [-0.15, -0.1) is 6.58 Å². The van der Waals surface area contributed by atoms with E-state index in [0.29, 0.717) is 0 Å². The van der Waals surface area contributed by atoms with Gasteiger partial charge in [0.25, 0.3) is 3.25 Å². The van der Waals surface area contributed by atoms with Gasteiger partial charge in [0.05, 0.1) is 0 Å². The van der Waals surface area contributed by atoms with Crippen LogP contribution in [-0.2, 0) is 0 Å². The third kappa shape index (κ3) is 66.0. The van der Waals surface area contributed by atoms with E-state index in [1.165, 1.54) is 6.42 Å². The predicted molar refractivity (Wildman–Crippen MR) is 51.2 cm³/mol. The van der Waals surface area contributed by atoms with Gasteiger partial charge in [-0.2, -0.15) is 0 Å². The minimum Gasteiger partial charge on any atom is -0.103 e. The Labute approximate surface area is 82.1 Å². The van der Waals surface area contributed by atoms with E-state index in [9.17, 15) is 0 Å². The van der Waals surface area contributed by atoms with E-state index in [0.717, 1.165) is 6.42 Å². The first-order chi connectivity index (χ1) is 4.41. The first-order valence-corrected chi connectivity index (χ1v) is 4.29. The SMILES string of the molecule is C=CCCC.ClC(Cl)(Cl)Cl. The molecule has 4 heteroatoms. The van der Waals surface area contributed by atoms with Gasteiger partial charge in [0, 0.05) is 0 Å². The lowest BCUT2D eigenvalue weighted by Crippen LogP contribution is -1.81. The summed E-state index contributed by atoms with van der Waals surface area (Å²) in [5.41, 5.74) is 0. The molecule has 0 aliphatic carbocycles. The summed E-state index contributed by atoms with van der Waals surface area (Å²) < 4.78 is -1.61. The number of unbranched alkanes of at least 4 members (excludes halogenated alkanes) is 1. The molecule has 0 saturated heterocycles. The van der Waals surface area contributed by atoms with Crippen LogP contribution in [0.25, 0.3) is 0 Å². The zero-order chi connectivity index (χ0) is 8.62. The molecule has 0 saturated carbocycles. The summed E-state index contributed by atoms with van der Waals surface area (Å²) in [4.78, 5) is 0. The minimum absolute atomic E-state index is 1.15. The van der Waals surface area contributed by atoms with Crippen LogP contribution in [0.4, 0.5) is 0 Å². The Morgan fingerprint density at radius 3 is 1.60 bits per heavy atom. The average molecular weight is 224 g/mol. The molecule has 0 nitrogen and oxygen atoms in total. The van der Waals surface area contributed by atoms with Crippen molar-refractivity contribution in [3.05, 3.63) is 12.7 Å². The van der Waals surface area contributed by atoms with Gasteiger partial charge >= 0.3 is 0 Å². The Hall–Kier alpha value is 0.900. The molecule has 0 amide bonds. The van der Waals surface area contributed by atoms with Crippen molar-refractivity contribution in [2.45, 2.75) is 23.0 Å². The van der Waals surface area contributed by atoms with Gasteiger partial charge in [0.15, 0.2) is 0 Å². The molecule has 0 aromatic heterocycles. The largest absolute Gasteiger partial charge is 0.266 e. The maximum atomic E-state index is 4.83. The van der Waals surface area contributed by atoms with Crippen molar-refractivity contribution in [1.82, 2.24) is 0 Å². The molecule has 0 unspecified atom stereocenters. The highest BCUT2D eigenvalue weighted by atomic mass is 35.6. The van der Waals surface area contributed by atoms with E-state index in [1.54, 1.807) is 0 Å².